The Hall–Kier alpha value is -1.69. The van der Waals surface area contributed by atoms with E-state index in [1.807, 2.05) is 0 Å². The van der Waals surface area contributed by atoms with E-state index < -0.39 is 23.6 Å². The molecule has 0 aliphatic heterocycles. The quantitative estimate of drug-likeness (QED) is 0.821. The molecule has 100 valence electrons. The van der Waals surface area contributed by atoms with Crippen molar-refractivity contribution in [2.45, 2.75) is 19.4 Å². The molecule has 0 aromatic heterocycles. The van der Waals surface area contributed by atoms with Gasteiger partial charge in [-0.15, -0.1) is 0 Å². The number of nitrogens with two attached hydrogens (primary N) is 1. The summed E-state index contributed by atoms with van der Waals surface area (Å²) in [6.45, 7) is 1.83. The number of esters is 1. The third-order valence-electron chi connectivity index (χ3n) is 2.35. The maximum absolute atomic E-state index is 13.6. The second kappa shape index (κ2) is 6.30. The van der Waals surface area contributed by atoms with Crippen LogP contribution < -0.4 is 10.5 Å². The number of hydrogen-bond donors (Lipinski definition) is 1. The molecule has 1 aromatic carbocycles. The maximum atomic E-state index is 13.6. The summed E-state index contributed by atoms with van der Waals surface area (Å²) < 4.78 is 36.7. The molecule has 0 fully saturated rings. The molecule has 1 aromatic rings. The fourth-order valence-corrected chi connectivity index (χ4v) is 1.53. The normalized spacial score (nSPS) is 12.1. The second-order valence-electron chi connectivity index (χ2n) is 3.62. The Bertz CT molecular complexity index is 414. The van der Waals surface area contributed by atoms with Gasteiger partial charge in [0, 0.05) is 23.7 Å². The van der Waals surface area contributed by atoms with E-state index in [4.69, 9.17) is 10.5 Å². The van der Waals surface area contributed by atoms with Crippen molar-refractivity contribution >= 4 is 5.97 Å². The average Bonchev–Trinajstić information content (AvgIpc) is 2.27. The van der Waals surface area contributed by atoms with Gasteiger partial charge in [-0.3, -0.25) is 4.79 Å². The first kappa shape index (κ1) is 14.4. The van der Waals surface area contributed by atoms with E-state index in [-0.39, 0.29) is 24.3 Å². The minimum absolute atomic E-state index is 0.0529. The summed E-state index contributed by atoms with van der Waals surface area (Å²) >= 11 is 0. The Labute approximate surface area is 104 Å². The third-order valence-corrected chi connectivity index (χ3v) is 2.35. The third kappa shape index (κ3) is 3.40. The standard InChI is InChI=1S/C12H15F2NO3/c1-3-18-11(16)6-10(15)12-8(13)4-7(17-2)5-9(12)14/h4-5,10H,3,6,15H2,1-2H3/t10-/m0/s1. The molecule has 1 atom stereocenters. The topological polar surface area (TPSA) is 61.5 Å². The zero-order valence-corrected chi connectivity index (χ0v) is 10.2. The van der Waals surface area contributed by atoms with Crippen molar-refractivity contribution in [2.24, 2.45) is 5.73 Å². The highest BCUT2D eigenvalue weighted by molar-refractivity contribution is 5.70. The summed E-state index contributed by atoms with van der Waals surface area (Å²) in [7, 11) is 1.30. The highest BCUT2D eigenvalue weighted by Gasteiger charge is 2.21. The number of methoxy groups -OCH3 is 1. The van der Waals surface area contributed by atoms with E-state index in [9.17, 15) is 13.6 Å². The number of hydrogen-bond acceptors (Lipinski definition) is 4. The molecule has 18 heavy (non-hydrogen) atoms. The number of halogens is 2. The Balaban J connectivity index is 2.92. The lowest BCUT2D eigenvalue weighted by Crippen LogP contribution is -2.19. The Morgan fingerprint density at radius 1 is 1.39 bits per heavy atom. The van der Waals surface area contributed by atoms with Crippen LogP contribution in [0.2, 0.25) is 0 Å². The van der Waals surface area contributed by atoms with Gasteiger partial charge in [0.15, 0.2) is 0 Å². The predicted octanol–water partition coefficient (Wildman–Crippen LogP) is 1.93. The molecular formula is C12H15F2NO3. The van der Waals surface area contributed by atoms with Crippen LogP contribution in [0.5, 0.6) is 5.75 Å². The highest BCUT2D eigenvalue weighted by Crippen LogP contribution is 2.26. The molecule has 0 amide bonds. The van der Waals surface area contributed by atoms with Gasteiger partial charge in [-0.25, -0.2) is 8.78 Å². The van der Waals surface area contributed by atoms with Crippen LogP contribution in [0.25, 0.3) is 0 Å². The van der Waals surface area contributed by atoms with Crippen molar-refractivity contribution in [1.82, 2.24) is 0 Å². The van der Waals surface area contributed by atoms with Crippen molar-refractivity contribution in [3.05, 3.63) is 29.3 Å². The lowest BCUT2D eigenvalue weighted by molar-refractivity contribution is -0.143. The highest BCUT2D eigenvalue weighted by atomic mass is 19.1. The van der Waals surface area contributed by atoms with Crippen LogP contribution >= 0.6 is 0 Å². The van der Waals surface area contributed by atoms with Crippen LogP contribution in [0.1, 0.15) is 24.9 Å². The van der Waals surface area contributed by atoms with Gasteiger partial charge >= 0.3 is 5.97 Å². The van der Waals surface area contributed by atoms with E-state index in [1.54, 1.807) is 6.92 Å². The molecule has 0 saturated heterocycles. The molecule has 0 saturated carbocycles. The van der Waals surface area contributed by atoms with Gasteiger partial charge in [0.1, 0.15) is 17.4 Å². The molecule has 0 heterocycles. The molecule has 0 spiro atoms. The summed E-state index contributed by atoms with van der Waals surface area (Å²) in [6.07, 6.45) is -0.284. The fraction of sp³-hybridized carbons (Fsp3) is 0.417. The van der Waals surface area contributed by atoms with E-state index in [0.717, 1.165) is 12.1 Å². The van der Waals surface area contributed by atoms with Gasteiger partial charge < -0.3 is 15.2 Å². The molecule has 1 rings (SSSR count). The van der Waals surface area contributed by atoms with Crippen LogP contribution in [-0.2, 0) is 9.53 Å². The first-order chi connectivity index (χ1) is 8.49. The summed E-state index contributed by atoms with van der Waals surface area (Å²) in [5.74, 6) is -2.23. The average molecular weight is 259 g/mol. The minimum atomic E-state index is -1.09. The molecule has 0 aliphatic rings. The molecule has 2 N–H and O–H groups in total. The summed E-state index contributed by atoms with van der Waals surface area (Å²) in [4.78, 5) is 11.2. The zero-order chi connectivity index (χ0) is 13.7. The van der Waals surface area contributed by atoms with Crippen molar-refractivity contribution in [3.8, 4) is 5.75 Å². The molecule has 0 aliphatic carbocycles. The summed E-state index contributed by atoms with van der Waals surface area (Å²) in [5, 5.41) is 0. The van der Waals surface area contributed by atoms with Crippen molar-refractivity contribution < 1.29 is 23.0 Å². The Morgan fingerprint density at radius 3 is 2.39 bits per heavy atom. The van der Waals surface area contributed by atoms with Crippen molar-refractivity contribution in [3.63, 3.8) is 0 Å². The molecule has 6 heteroatoms. The maximum Gasteiger partial charge on any atom is 0.307 e. The van der Waals surface area contributed by atoms with Gasteiger partial charge in [0.25, 0.3) is 0 Å². The first-order valence-corrected chi connectivity index (χ1v) is 5.43. The molecule has 0 radical (unpaired) electrons. The van der Waals surface area contributed by atoms with Crippen LogP contribution in [0.3, 0.4) is 0 Å². The van der Waals surface area contributed by atoms with Gasteiger partial charge in [-0.1, -0.05) is 0 Å². The fourth-order valence-electron chi connectivity index (χ4n) is 1.53. The van der Waals surface area contributed by atoms with Gasteiger partial charge in [-0.05, 0) is 6.92 Å². The molecule has 0 bridgehead atoms. The largest absolute Gasteiger partial charge is 0.497 e. The second-order valence-corrected chi connectivity index (χ2v) is 3.62. The summed E-state index contributed by atoms with van der Waals surface area (Å²) in [6, 6.07) is 0.947. The minimum Gasteiger partial charge on any atom is -0.497 e. The van der Waals surface area contributed by atoms with Gasteiger partial charge in [-0.2, -0.15) is 0 Å². The molecule has 0 unspecified atom stereocenters. The van der Waals surface area contributed by atoms with Crippen LogP contribution in [0, 0.1) is 11.6 Å². The molecular weight excluding hydrogens is 244 g/mol. The van der Waals surface area contributed by atoms with Crippen LogP contribution in [0.15, 0.2) is 12.1 Å². The number of carbonyl (C=O) groups excluding carboxylic acids is 1. The SMILES string of the molecule is CCOC(=O)C[C@H](N)c1c(F)cc(OC)cc1F. The number of carbonyl (C=O) groups is 1. The number of ether oxygens (including phenoxy) is 2. The Kier molecular flexibility index (Phi) is 5.03. The van der Waals surface area contributed by atoms with Gasteiger partial charge in [0.05, 0.1) is 20.1 Å². The number of benzene rings is 1. The smallest absolute Gasteiger partial charge is 0.307 e. The van der Waals surface area contributed by atoms with Crippen LogP contribution in [0.4, 0.5) is 8.78 Å². The van der Waals surface area contributed by atoms with Crippen LogP contribution in [-0.4, -0.2) is 19.7 Å². The van der Waals surface area contributed by atoms with E-state index in [0.29, 0.717) is 0 Å². The lowest BCUT2D eigenvalue weighted by Gasteiger charge is -2.14. The predicted molar refractivity (Wildman–Crippen MR) is 61.1 cm³/mol. The van der Waals surface area contributed by atoms with Gasteiger partial charge in [0.2, 0.25) is 0 Å². The zero-order valence-electron chi connectivity index (χ0n) is 10.2. The van der Waals surface area contributed by atoms with Crippen molar-refractivity contribution in [1.29, 1.82) is 0 Å². The number of rotatable bonds is 5. The van der Waals surface area contributed by atoms with Crippen molar-refractivity contribution in [2.75, 3.05) is 13.7 Å². The summed E-state index contributed by atoms with van der Waals surface area (Å²) in [5.41, 5.74) is 5.25. The Morgan fingerprint density at radius 2 is 1.94 bits per heavy atom. The van der Waals surface area contributed by atoms with E-state index in [2.05, 4.69) is 4.74 Å². The van der Waals surface area contributed by atoms with E-state index >= 15 is 0 Å². The molecule has 4 nitrogen and oxygen atoms in total. The first-order valence-electron chi connectivity index (χ1n) is 5.43. The monoisotopic (exact) mass is 259 g/mol. The van der Waals surface area contributed by atoms with E-state index in [1.165, 1.54) is 7.11 Å². The lowest BCUT2D eigenvalue weighted by atomic mass is 10.0.